The molecule has 7 nitrogen and oxygen atoms in total. The van der Waals surface area contributed by atoms with Crippen molar-refractivity contribution in [3.8, 4) is 11.3 Å². The summed E-state index contributed by atoms with van der Waals surface area (Å²) < 4.78 is 21.6. The van der Waals surface area contributed by atoms with Crippen LogP contribution >= 0.6 is 0 Å². The summed E-state index contributed by atoms with van der Waals surface area (Å²) in [7, 11) is 1.72. The normalized spacial score (nSPS) is 11.2. The zero-order valence-corrected chi connectivity index (χ0v) is 12.7. The number of oxazole rings is 1. The van der Waals surface area contributed by atoms with Crippen molar-refractivity contribution in [2.75, 3.05) is 0 Å². The second-order valence-electron chi connectivity index (χ2n) is 5.31. The minimum absolute atomic E-state index is 0.151. The third-order valence-corrected chi connectivity index (χ3v) is 3.71. The van der Waals surface area contributed by atoms with E-state index in [2.05, 4.69) is 15.1 Å². The molecule has 1 aromatic carbocycles. The quantitative estimate of drug-likeness (QED) is 0.575. The van der Waals surface area contributed by atoms with Gasteiger partial charge in [-0.05, 0) is 24.3 Å². The summed E-state index contributed by atoms with van der Waals surface area (Å²) in [5.41, 5.74) is 1.02. The predicted molar refractivity (Wildman–Crippen MR) is 83.8 cm³/mol. The van der Waals surface area contributed by atoms with Crippen molar-refractivity contribution < 1.29 is 8.81 Å². The number of hydrogen-bond donors (Lipinski definition) is 0. The molecule has 0 fully saturated rings. The van der Waals surface area contributed by atoms with Gasteiger partial charge in [-0.25, -0.2) is 14.4 Å². The number of benzene rings is 1. The lowest BCUT2D eigenvalue weighted by Gasteiger charge is -2.02. The van der Waals surface area contributed by atoms with E-state index >= 15 is 0 Å². The van der Waals surface area contributed by atoms with Crippen LogP contribution in [0.1, 0.15) is 5.89 Å². The number of aromatic nitrogens is 5. The average Bonchev–Trinajstić information content (AvgIpc) is 3.19. The van der Waals surface area contributed by atoms with Crippen LogP contribution < -0.4 is 5.56 Å². The second kappa shape index (κ2) is 5.41. The van der Waals surface area contributed by atoms with E-state index in [-0.39, 0.29) is 17.9 Å². The number of fused-ring (bicyclic) bond motifs is 1. The van der Waals surface area contributed by atoms with Crippen molar-refractivity contribution in [2.45, 2.75) is 6.54 Å². The van der Waals surface area contributed by atoms with Crippen LogP contribution in [0.3, 0.4) is 0 Å². The van der Waals surface area contributed by atoms with Gasteiger partial charge in [0.05, 0.1) is 12.4 Å². The van der Waals surface area contributed by atoms with Gasteiger partial charge in [0.15, 0.2) is 11.4 Å². The zero-order valence-electron chi connectivity index (χ0n) is 12.7. The van der Waals surface area contributed by atoms with Crippen LogP contribution in [-0.2, 0) is 13.6 Å². The summed E-state index contributed by atoms with van der Waals surface area (Å²) in [6.07, 6.45) is 4.47. The Kier molecular flexibility index (Phi) is 3.23. The SMILES string of the molecule is Cn1ncc2c(=O)n(Cc3ncc(-c4ccc(F)cc4)o3)cnc21. The maximum atomic E-state index is 13.0. The molecule has 4 aromatic rings. The molecule has 0 amide bonds. The first-order valence-corrected chi connectivity index (χ1v) is 7.19. The van der Waals surface area contributed by atoms with E-state index in [9.17, 15) is 9.18 Å². The van der Waals surface area contributed by atoms with E-state index < -0.39 is 0 Å². The van der Waals surface area contributed by atoms with Crippen LogP contribution in [-0.4, -0.2) is 24.3 Å². The summed E-state index contributed by atoms with van der Waals surface area (Å²) >= 11 is 0. The van der Waals surface area contributed by atoms with Gasteiger partial charge in [-0.2, -0.15) is 5.10 Å². The van der Waals surface area contributed by atoms with Gasteiger partial charge < -0.3 is 4.42 Å². The van der Waals surface area contributed by atoms with Gasteiger partial charge in [0.25, 0.3) is 5.56 Å². The van der Waals surface area contributed by atoms with Gasteiger partial charge in [0, 0.05) is 12.6 Å². The number of halogens is 1. The molecule has 0 atom stereocenters. The van der Waals surface area contributed by atoms with Crippen LogP contribution in [0.15, 0.2) is 52.2 Å². The molecule has 0 spiro atoms. The van der Waals surface area contributed by atoms with E-state index in [1.54, 1.807) is 30.1 Å². The molecule has 0 N–H and O–H groups in total. The van der Waals surface area contributed by atoms with E-state index in [0.717, 1.165) is 0 Å². The maximum absolute atomic E-state index is 13.0. The van der Waals surface area contributed by atoms with Crippen molar-refractivity contribution >= 4 is 11.0 Å². The van der Waals surface area contributed by atoms with Crippen molar-refractivity contribution in [1.29, 1.82) is 0 Å². The summed E-state index contributed by atoms with van der Waals surface area (Å²) in [4.78, 5) is 20.8. The highest BCUT2D eigenvalue weighted by Crippen LogP contribution is 2.20. The lowest BCUT2D eigenvalue weighted by molar-refractivity contribution is 0.484. The van der Waals surface area contributed by atoms with Crippen LogP contribution in [0.5, 0.6) is 0 Å². The molecule has 0 saturated carbocycles. The molecular weight excluding hydrogens is 313 g/mol. The maximum Gasteiger partial charge on any atom is 0.264 e. The Labute approximate surface area is 135 Å². The van der Waals surface area contributed by atoms with Crippen molar-refractivity contribution in [1.82, 2.24) is 24.3 Å². The highest BCUT2D eigenvalue weighted by Gasteiger charge is 2.11. The van der Waals surface area contributed by atoms with E-state index in [4.69, 9.17) is 4.42 Å². The lowest BCUT2D eigenvalue weighted by atomic mass is 10.2. The molecule has 0 unspecified atom stereocenters. The number of hydrogen-bond acceptors (Lipinski definition) is 5. The molecular formula is C16H12FN5O2. The van der Waals surface area contributed by atoms with Crippen molar-refractivity contribution in [3.63, 3.8) is 0 Å². The smallest absolute Gasteiger partial charge is 0.264 e. The fraction of sp³-hybridized carbons (Fsp3) is 0.125. The van der Waals surface area contributed by atoms with Crippen molar-refractivity contribution in [3.05, 3.63) is 65.0 Å². The van der Waals surface area contributed by atoms with Gasteiger partial charge in [0.1, 0.15) is 24.1 Å². The molecule has 24 heavy (non-hydrogen) atoms. The van der Waals surface area contributed by atoms with Gasteiger partial charge in [-0.3, -0.25) is 14.0 Å². The molecule has 0 aliphatic carbocycles. The first-order chi connectivity index (χ1) is 11.6. The minimum atomic E-state index is -0.319. The van der Waals surface area contributed by atoms with E-state index in [0.29, 0.717) is 28.2 Å². The standard InChI is InChI=1S/C16H12FN5O2/c1-21-15-12(6-20-21)16(23)22(9-19-15)8-14-18-7-13(24-14)10-2-4-11(17)5-3-10/h2-7,9H,8H2,1H3. The van der Waals surface area contributed by atoms with Gasteiger partial charge in [-0.15, -0.1) is 0 Å². The summed E-state index contributed by atoms with van der Waals surface area (Å²) in [5.74, 6) is 0.552. The second-order valence-corrected chi connectivity index (χ2v) is 5.31. The Morgan fingerprint density at radius 3 is 2.75 bits per heavy atom. The van der Waals surface area contributed by atoms with Gasteiger partial charge >= 0.3 is 0 Å². The number of rotatable bonds is 3. The van der Waals surface area contributed by atoms with E-state index in [1.165, 1.54) is 29.2 Å². The average molecular weight is 325 g/mol. The minimum Gasteiger partial charge on any atom is -0.439 e. The summed E-state index contributed by atoms with van der Waals surface area (Å²) in [6, 6.07) is 5.91. The molecule has 0 aliphatic rings. The molecule has 3 aromatic heterocycles. The van der Waals surface area contributed by atoms with Crippen LogP contribution in [0, 0.1) is 5.82 Å². The fourth-order valence-corrected chi connectivity index (χ4v) is 2.46. The first kappa shape index (κ1) is 14.3. The van der Waals surface area contributed by atoms with Crippen LogP contribution in [0.2, 0.25) is 0 Å². The third kappa shape index (κ3) is 2.37. The summed E-state index contributed by atoms with van der Waals surface area (Å²) in [5, 5.41) is 4.46. The molecule has 0 bridgehead atoms. The summed E-state index contributed by atoms with van der Waals surface area (Å²) in [6.45, 7) is 0.151. The molecule has 120 valence electrons. The fourth-order valence-electron chi connectivity index (χ4n) is 2.46. The predicted octanol–water partition coefficient (Wildman–Crippen LogP) is 1.97. The van der Waals surface area contributed by atoms with Crippen molar-refractivity contribution in [2.24, 2.45) is 7.05 Å². The van der Waals surface area contributed by atoms with E-state index in [1.807, 2.05) is 0 Å². The lowest BCUT2D eigenvalue weighted by Crippen LogP contribution is -2.21. The van der Waals surface area contributed by atoms with Gasteiger partial charge in [0.2, 0.25) is 5.89 Å². The van der Waals surface area contributed by atoms with Crippen LogP contribution in [0.25, 0.3) is 22.4 Å². The first-order valence-electron chi connectivity index (χ1n) is 7.19. The topological polar surface area (TPSA) is 78.7 Å². The molecule has 4 rings (SSSR count). The highest BCUT2D eigenvalue weighted by atomic mass is 19.1. The Bertz CT molecular complexity index is 1080. The van der Waals surface area contributed by atoms with Crippen LogP contribution in [0.4, 0.5) is 4.39 Å². The molecule has 0 aliphatic heterocycles. The Morgan fingerprint density at radius 2 is 1.96 bits per heavy atom. The zero-order chi connectivity index (χ0) is 16.7. The molecule has 3 heterocycles. The molecule has 0 saturated heterocycles. The largest absolute Gasteiger partial charge is 0.439 e. The highest BCUT2D eigenvalue weighted by molar-refractivity contribution is 5.72. The third-order valence-electron chi connectivity index (χ3n) is 3.71. The Balaban J connectivity index is 1.65. The Morgan fingerprint density at radius 1 is 1.17 bits per heavy atom. The number of nitrogens with zero attached hydrogens (tertiary/aromatic N) is 5. The Hall–Kier alpha value is -3.29. The van der Waals surface area contributed by atoms with Gasteiger partial charge in [-0.1, -0.05) is 0 Å². The monoisotopic (exact) mass is 325 g/mol. The molecule has 0 radical (unpaired) electrons. The molecule has 8 heteroatoms. The number of aryl methyl sites for hydroxylation is 1.